The molecule has 5 rings (SSSR count). The summed E-state index contributed by atoms with van der Waals surface area (Å²) in [4.78, 5) is 21.4. The topological polar surface area (TPSA) is 92.3 Å². The Morgan fingerprint density at radius 1 is 1.10 bits per heavy atom. The predicted molar refractivity (Wildman–Crippen MR) is 117 cm³/mol. The molecule has 152 valence electrons. The Morgan fingerprint density at radius 3 is 2.90 bits per heavy atom. The van der Waals surface area contributed by atoms with Gasteiger partial charge in [0, 0.05) is 30.4 Å². The Kier molecular flexibility index (Phi) is 4.73. The lowest BCUT2D eigenvalue weighted by atomic mass is 10.1. The molecule has 9 heteroatoms. The number of pyridine rings is 1. The van der Waals surface area contributed by atoms with E-state index in [2.05, 4.69) is 15.3 Å². The summed E-state index contributed by atoms with van der Waals surface area (Å²) >= 11 is 1.54. The number of aromatic nitrogens is 2. The molecule has 2 aromatic heterocycles. The molecular formula is C21H18N4O3S2. The first-order valence-electron chi connectivity index (χ1n) is 9.50. The summed E-state index contributed by atoms with van der Waals surface area (Å²) in [5.74, 6) is -0.571. The highest BCUT2D eigenvalue weighted by Crippen LogP contribution is 2.28. The van der Waals surface area contributed by atoms with Crippen molar-refractivity contribution in [2.24, 2.45) is 5.92 Å². The molecule has 0 bridgehead atoms. The standard InChI is InChI=1S/C21H18N4O3S2/c26-21(24-16-3-6-20-19(11-16)23-13-29-20)15-7-9-25(12-15)30(27,28)17-4-5-18-14(10-17)2-1-8-22-18/h1-6,8,10-11,13,15H,7,9,12H2,(H,24,26)/t15-/m1/s1. The van der Waals surface area contributed by atoms with E-state index >= 15 is 0 Å². The second kappa shape index (κ2) is 7.42. The van der Waals surface area contributed by atoms with E-state index in [1.54, 1.807) is 47.3 Å². The SMILES string of the molecule is O=C(Nc1ccc2scnc2c1)[C@@H]1CCN(S(=O)(=O)c2ccc3ncccc3c2)C1. The van der Waals surface area contributed by atoms with Gasteiger partial charge in [0.15, 0.2) is 0 Å². The van der Waals surface area contributed by atoms with Crippen LogP contribution >= 0.6 is 11.3 Å². The summed E-state index contributed by atoms with van der Waals surface area (Å²) in [5, 5.41) is 3.67. The van der Waals surface area contributed by atoms with E-state index in [0.29, 0.717) is 18.7 Å². The summed E-state index contributed by atoms with van der Waals surface area (Å²) in [5.41, 5.74) is 4.01. The number of hydrogen-bond acceptors (Lipinski definition) is 6. The molecule has 7 nitrogen and oxygen atoms in total. The van der Waals surface area contributed by atoms with Gasteiger partial charge < -0.3 is 5.32 Å². The second-order valence-corrected chi connectivity index (χ2v) is 10.1. The van der Waals surface area contributed by atoms with Gasteiger partial charge in [-0.25, -0.2) is 13.4 Å². The molecular weight excluding hydrogens is 420 g/mol. The van der Waals surface area contributed by atoms with Crippen LogP contribution < -0.4 is 5.32 Å². The molecule has 0 spiro atoms. The Labute approximate surface area is 177 Å². The van der Waals surface area contributed by atoms with E-state index in [0.717, 1.165) is 21.1 Å². The van der Waals surface area contributed by atoms with Gasteiger partial charge in [0.05, 0.1) is 32.1 Å². The van der Waals surface area contributed by atoms with Crippen molar-refractivity contribution in [1.82, 2.24) is 14.3 Å². The monoisotopic (exact) mass is 438 g/mol. The van der Waals surface area contributed by atoms with E-state index in [1.807, 2.05) is 24.3 Å². The number of amides is 1. The van der Waals surface area contributed by atoms with Gasteiger partial charge in [-0.05, 0) is 48.9 Å². The first kappa shape index (κ1) is 19.1. The number of benzene rings is 2. The van der Waals surface area contributed by atoms with E-state index in [9.17, 15) is 13.2 Å². The highest BCUT2D eigenvalue weighted by Gasteiger charge is 2.36. The molecule has 1 fully saturated rings. The molecule has 0 unspecified atom stereocenters. The lowest BCUT2D eigenvalue weighted by molar-refractivity contribution is -0.119. The lowest BCUT2D eigenvalue weighted by Gasteiger charge is -2.17. The molecule has 3 heterocycles. The van der Waals surface area contributed by atoms with Crippen molar-refractivity contribution in [2.75, 3.05) is 18.4 Å². The highest BCUT2D eigenvalue weighted by atomic mass is 32.2. The number of sulfonamides is 1. The normalized spacial score (nSPS) is 17.5. The molecule has 1 atom stereocenters. The van der Waals surface area contributed by atoms with Crippen LogP contribution in [0.4, 0.5) is 5.69 Å². The summed E-state index contributed by atoms with van der Waals surface area (Å²) in [6.07, 6.45) is 2.16. The summed E-state index contributed by atoms with van der Waals surface area (Å²) in [6, 6.07) is 14.1. The van der Waals surface area contributed by atoms with Gasteiger partial charge in [0.1, 0.15) is 0 Å². The Morgan fingerprint density at radius 2 is 2.00 bits per heavy atom. The molecule has 1 aliphatic heterocycles. The molecule has 4 aromatic rings. The quantitative estimate of drug-likeness (QED) is 0.527. The summed E-state index contributed by atoms with van der Waals surface area (Å²) < 4.78 is 28.6. The first-order chi connectivity index (χ1) is 14.5. The number of nitrogens with zero attached hydrogens (tertiary/aromatic N) is 3. The summed E-state index contributed by atoms with van der Waals surface area (Å²) in [7, 11) is -3.67. The van der Waals surface area contributed by atoms with Gasteiger partial charge in [0.2, 0.25) is 15.9 Å². The van der Waals surface area contributed by atoms with E-state index in [4.69, 9.17) is 0 Å². The van der Waals surface area contributed by atoms with Crippen LogP contribution in [-0.4, -0.2) is 41.7 Å². The second-order valence-electron chi connectivity index (χ2n) is 7.23. The van der Waals surface area contributed by atoms with E-state index < -0.39 is 15.9 Å². The largest absolute Gasteiger partial charge is 0.326 e. The van der Waals surface area contributed by atoms with Crippen molar-refractivity contribution in [3.05, 3.63) is 60.2 Å². The fourth-order valence-electron chi connectivity index (χ4n) is 3.70. The zero-order chi connectivity index (χ0) is 20.7. The maximum absolute atomic E-state index is 13.1. The summed E-state index contributed by atoms with van der Waals surface area (Å²) in [6.45, 7) is 0.481. The number of hydrogen-bond donors (Lipinski definition) is 1. The number of carbonyl (C=O) groups is 1. The fourth-order valence-corrected chi connectivity index (χ4v) is 5.90. The van der Waals surface area contributed by atoms with Crippen molar-refractivity contribution >= 4 is 54.1 Å². The third-order valence-corrected chi connectivity index (χ3v) is 8.00. The van der Waals surface area contributed by atoms with E-state index in [-0.39, 0.29) is 17.3 Å². The average Bonchev–Trinajstić information content (AvgIpc) is 3.43. The Hall–Kier alpha value is -2.88. The molecule has 1 aliphatic rings. The Balaban J connectivity index is 1.31. The zero-order valence-electron chi connectivity index (χ0n) is 15.9. The minimum absolute atomic E-state index is 0.165. The van der Waals surface area contributed by atoms with Crippen LogP contribution in [0.5, 0.6) is 0 Å². The van der Waals surface area contributed by atoms with Gasteiger partial charge >= 0.3 is 0 Å². The molecule has 1 N–H and O–H groups in total. The van der Waals surface area contributed by atoms with Crippen molar-refractivity contribution in [2.45, 2.75) is 11.3 Å². The Bertz CT molecular complexity index is 1370. The minimum Gasteiger partial charge on any atom is -0.326 e. The van der Waals surface area contributed by atoms with Crippen molar-refractivity contribution in [3.63, 3.8) is 0 Å². The number of thiazole rings is 1. The van der Waals surface area contributed by atoms with Crippen molar-refractivity contribution < 1.29 is 13.2 Å². The molecule has 30 heavy (non-hydrogen) atoms. The van der Waals surface area contributed by atoms with Crippen molar-refractivity contribution in [1.29, 1.82) is 0 Å². The van der Waals surface area contributed by atoms with Crippen LogP contribution in [0.1, 0.15) is 6.42 Å². The predicted octanol–water partition coefficient (Wildman–Crippen LogP) is 3.49. The average molecular weight is 439 g/mol. The molecule has 1 saturated heterocycles. The molecule has 0 radical (unpaired) electrons. The third kappa shape index (κ3) is 3.45. The lowest BCUT2D eigenvalue weighted by Crippen LogP contribution is -2.31. The maximum atomic E-state index is 13.1. The third-order valence-electron chi connectivity index (χ3n) is 5.33. The molecule has 0 aliphatic carbocycles. The molecule has 2 aromatic carbocycles. The van der Waals surface area contributed by atoms with Gasteiger partial charge in [-0.2, -0.15) is 4.31 Å². The first-order valence-corrected chi connectivity index (χ1v) is 11.8. The van der Waals surface area contributed by atoms with Gasteiger partial charge in [0.25, 0.3) is 0 Å². The smallest absolute Gasteiger partial charge is 0.243 e. The van der Waals surface area contributed by atoms with Gasteiger partial charge in [-0.1, -0.05) is 6.07 Å². The van der Waals surface area contributed by atoms with Crippen LogP contribution in [0.15, 0.2) is 65.1 Å². The molecule has 0 saturated carbocycles. The number of nitrogens with one attached hydrogen (secondary N) is 1. The van der Waals surface area contributed by atoms with Crippen molar-refractivity contribution in [3.8, 4) is 0 Å². The van der Waals surface area contributed by atoms with Gasteiger partial charge in [-0.3, -0.25) is 9.78 Å². The zero-order valence-corrected chi connectivity index (χ0v) is 17.5. The number of rotatable bonds is 4. The number of anilines is 1. The highest BCUT2D eigenvalue weighted by molar-refractivity contribution is 7.89. The maximum Gasteiger partial charge on any atom is 0.243 e. The minimum atomic E-state index is -3.67. The van der Waals surface area contributed by atoms with Gasteiger partial charge in [-0.15, -0.1) is 11.3 Å². The van der Waals surface area contributed by atoms with Crippen LogP contribution in [0, 0.1) is 5.92 Å². The number of carbonyl (C=O) groups excluding carboxylic acids is 1. The van der Waals surface area contributed by atoms with Crippen LogP contribution in [-0.2, 0) is 14.8 Å². The van der Waals surface area contributed by atoms with Crippen LogP contribution in [0.3, 0.4) is 0 Å². The molecule has 1 amide bonds. The van der Waals surface area contributed by atoms with Crippen LogP contribution in [0.2, 0.25) is 0 Å². The fraction of sp³-hybridized carbons (Fsp3) is 0.190. The van der Waals surface area contributed by atoms with Crippen LogP contribution in [0.25, 0.3) is 21.1 Å². The number of fused-ring (bicyclic) bond motifs is 2. The van der Waals surface area contributed by atoms with E-state index in [1.165, 1.54) is 4.31 Å².